The van der Waals surface area contributed by atoms with E-state index in [1.165, 1.54) is 24.9 Å². The van der Waals surface area contributed by atoms with E-state index in [0.29, 0.717) is 11.3 Å². The molecule has 1 rings (SSSR count). The molecule has 0 aromatic rings. The van der Waals surface area contributed by atoms with Gasteiger partial charge in [0.2, 0.25) is 5.91 Å². The fourth-order valence-corrected chi connectivity index (χ4v) is 3.49. The molecule has 0 aliphatic carbocycles. The van der Waals surface area contributed by atoms with Gasteiger partial charge in [0.05, 0.1) is 4.75 Å². The summed E-state index contributed by atoms with van der Waals surface area (Å²) in [4.78, 5) is 36.9. The van der Waals surface area contributed by atoms with E-state index in [-0.39, 0.29) is 10.8 Å². The zero-order valence-electron chi connectivity index (χ0n) is 11.8. The number of carbonyl (C=O) groups excluding carboxylic acids is 2. The van der Waals surface area contributed by atoms with Crippen LogP contribution in [0.25, 0.3) is 0 Å². The van der Waals surface area contributed by atoms with Gasteiger partial charge in [-0.15, -0.1) is 0 Å². The number of aliphatic carboxylic acids is 1. The van der Waals surface area contributed by atoms with E-state index in [4.69, 9.17) is 0 Å². The Hall–Kier alpha value is -1.21. The third kappa shape index (κ3) is 3.67. The van der Waals surface area contributed by atoms with Gasteiger partial charge in [-0.2, -0.15) is 0 Å². The molecule has 1 N–H and O–H groups in total. The van der Waals surface area contributed by atoms with E-state index in [0.717, 1.165) is 16.7 Å². The Kier molecular flexibility index (Phi) is 5.47. The summed E-state index contributed by atoms with van der Waals surface area (Å²) in [5.74, 6) is -1.56. The van der Waals surface area contributed by atoms with Crippen LogP contribution in [0.5, 0.6) is 0 Å². The van der Waals surface area contributed by atoms with E-state index >= 15 is 0 Å². The highest BCUT2D eigenvalue weighted by Gasteiger charge is 2.38. The number of hydrogen-bond donors (Lipinski definition) is 1. The lowest BCUT2D eigenvalue weighted by molar-refractivity contribution is -0.138. The molecule has 0 spiro atoms. The van der Waals surface area contributed by atoms with Gasteiger partial charge in [0.15, 0.2) is 5.12 Å². The molecular formula is C13H17NO4S2. The van der Waals surface area contributed by atoms with Crippen LogP contribution in [0.4, 0.5) is 0 Å². The molecular weight excluding hydrogens is 298 g/mol. The Morgan fingerprint density at radius 1 is 1.40 bits per heavy atom. The zero-order chi connectivity index (χ0) is 15.5. The van der Waals surface area contributed by atoms with Crippen LogP contribution in [-0.4, -0.2) is 31.7 Å². The first-order valence-electron chi connectivity index (χ1n) is 6.03. The topological polar surface area (TPSA) is 74.7 Å². The van der Waals surface area contributed by atoms with Crippen molar-refractivity contribution in [3.8, 4) is 0 Å². The van der Waals surface area contributed by atoms with Crippen LogP contribution in [0.15, 0.2) is 22.2 Å². The van der Waals surface area contributed by atoms with Crippen molar-refractivity contribution >= 4 is 40.5 Å². The number of carboxylic acids is 1. The highest BCUT2D eigenvalue weighted by atomic mass is 32.2. The minimum atomic E-state index is -1.14. The summed E-state index contributed by atoms with van der Waals surface area (Å²) in [7, 11) is 0. The SMILES string of the molecule is CCC1=C(C(=O)O)N(C(=O)C(C)(C)SC(C)=O)C=CS1. The lowest BCUT2D eigenvalue weighted by Gasteiger charge is -2.31. The standard InChI is InChI=1S/C13H17NO4S2/c1-5-9-10(11(16)17)14(6-7-19-9)12(18)13(3,4)20-8(2)15/h6-7H,5H2,1-4H3,(H,16,17). The quantitative estimate of drug-likeness (QED) is 0.860. The summed E-state index contributed by atoms with van der Waals surface area (Å²) in [5, 5.41) is 10.8. The second-order valence-corrected chi connectivity index (χ2v) is 7.41. The van der Waals surface area contributed by atoms with Crippen LogP contribution in [0.1, 0.15) is 34.1 Å². The van der Waals surface area contributed by atoms with E-state index < -0.39 is 16.6 Å². The Bertz CT molecular complexity index is 509. The first-order chi connectivity index (χ1) is 9.20. The molecule has 0 unspecified atom stereocenters. The van der Waals surface area contributed by atoms with Crippen LogP contribution < -0.4 is 0 Å². The van der Waals surface area contributed by atoms with Crippen LogP contribution >= 0.6 is 23.5 Å². The first-order valence-corrected chi connectivity index (χ1v) is 7.73. The molecule has 20 heavy (non-hydrogen) atoms. The van der Waals surface area contributed by atoms with Gasteiger partial charge in [-0.3, -0.25) is 14.5 Å². The van der Waals surface area contributed by atoms with Gasteiger partial charge in [-0.25, -0.2) is 4.79 Å². The monoisotopic (exact) mass is 315 g/mol. The Morgan fingerprint density at radius 3 is 2.45 bits per heavy atom. The second-order valence-electron chi connectivity index (χ2n) is 4.61. The molecule has 0 radical (unpaired) electrons. The van der Waals surface area contributed by atoms with E-state index in [1.807, 2.05) is 6.92 Å². The molecule has 0 aromatic carbocycles. The molecule has 1 amide bonds. The third-order valence-corrected chi connectivity index (χ3v) is 4.58. The summed E-state index contributed by atoms with van der Waals surface area (Å²) in [6, 6.07) is 0. The number of carboxylic acid groups (broad SMARTS) is 1. The number of amides is 1. The van der Waals surface area contributed by atoms with Crippen molar-refractivity contribution in [3.05, 3.63) is 22.2 Å². The minimum Gasteiger partial charge on any atom is -0.477 e. The van der Waals surface area contributed by atoms with Crippen molar-refractivity contribution in [2.24, 2.45) is 0 Å². The average Bonchev–Trinajstić information content (AvgIpc) is 2.35. The van der Waals surface area contributed by atoms with E-state index in [1.54, 1.807) is 19.3 Å². The molecule has 0 atom stereocenters. The van der Waals surface area contributed by atoms with E-state index in [9.17, 15) is 19.5 Å². The van der Waals surface area contributed by atoms with E-state index in [2.05, 4.69) is 0 Å². The average molecular weight is 315 g/mol. The maximum absolute atomic E-state index is 12.5. The molecule has 0 aromatic heterocycles. The van der Waals surface area contributed by atoms with Crippen molar-refractivity contribution in [2.45, 2.75) is 38.9 Å². The predicted molar refractivity (Wildman–Crippen MR) is 80.9 cm³/mol. The van der Waals surface area contributed by atoms with Crippen LogP contribution in [0.3, 0.4) is 0 Å². The normalized spacial score (nSPS) is 15.5. The summed E-state index contributed by atoms with van der Waals surface area (Å²) in [6.45, 7) is 6.44. The largest absolute Gasteiger partial charge is 0.477 e. The molecule has 1 aliphatic rings. The first kappa shape index (κ1) is 16.8. The maximum Gasteiger partial charge on any atom is 0.353 e. The summed E-state index contributed by atoms with van der Waals surface area (Å²) in [6.07, 6.45) is 1.97. The van der Waals surface area contributed by atoms with Gasteiger partial charge in [-0.05, 0) is 25.7 Å². The van der Waals surface area contributed by atoms with Gasteiger partial charge in [-0.1, -0.05) is 30.4 Å². The van der Waals surface area contributed by atoms with Gasteiger partial charge in [0, 0.05) is 18.0 Å². The number of allylic oxidation sites excluding steroid dienone is 1. The molecule has 0 saturated heterocycles. The van der Waals surface area contributed by atoms with Gasteiger partial charge in [0.25, 0.3) is 0 Å². The highest BCUT2D eigenvalue weighted by Crippen LogP contribution is 2.35. The molecule has 1 heterocycles. The Balaban J connectivity index is 3.16. The van der Waals surface area contributed by atoms with Gasteiger partial charge < -0.3 is 5.11 Å². The number of nitrogens with zero attached hydrogens (tertiary/aromatic N) is 1. The summed E-state index contributed by atoms with van der Waals surface area (Å²) >= 11 is 2.19. The molecule has 1 aliphatic heterocycles. The number of thioether (sulfide) groups is 2. The highest BCUT2D eigenvalue weighted by molar-refractivity contribution is 8.15. The molecule has 0 saturated carbocycles. The lowest BCUT2D eigenvalue weighted by Crippen LogP contribution is -2.43. The van der Waals surface area contributed by atoms with Crippen molar-refractivity contribution < 1.29 is 19.5 Å². The molecule has 5 nitrogen and oxygen atoms in total. The minimum absolute atomic E-state index is 0.0257. The fraction of sp³-hybridized carbons (Fsp3) is 0.462. The van der Waals surface area contributed by atoms with Crippen LogP contribution in [0.2, 0.25) is 0 Å². The fourth-order valence-electron chi connectivity index (χ4n) is 1.77. The Labute approximate surface area is 126 Å². The number of carbonyl (C=O) groups is 3. The second kappa shape index (κ2) is 6.49. The molecule has 110 valence electrons. The van der Waals surface area contributed by atoms with Crippen molar-refractivity contribution in [2.75, 3.05) is 0 Å². The number of hydrogen-bond acceptors (Lipinski definition) is 5. The van der Waals surface area contributed by atoms with Gasteiger partial charge >= 0.3 is 5.97 Å². The summed E-state index contributed by atoms with van der Waals surface area (Å²) < 4.78 is -1.02. The lowest BCUT2D eigenvalue weighted by atomic mass is 10.1. The third-order valence-electron chi connectivity index (χ3n) is 2.58. The Morgan fingerprint density at radius 2 is 2.00 bits per heavy atom. The van der Waals surface area contributed by atoms with Crippen molar-refractivity contribution in [3.63, 3.8) is 0 Å². The van der Waals surface area contributed by atoms with Crippen LogP contribution in [-0.2, 0) is 14.4 Å². The smallest absolute Gasteiger partial charge is 0.353 e. The van der Waals surface area contributed by atoms with Crippen molar-refractivity contribution in [1.29, 1.82) is 0 Å². The number of rotatable bonds is 4. The van der Waals surface area contributed by atoms with Crippen LogP contribution in [0, 0.1) is 0 Å². The van der Waals surface area contributed by atoms with Gasteiger partial charge in [0.1, 0.15) is 5.70 Å². The molecule has 0 fully saturated rings. The molecule has 7 heteroatoms. The van der Waals surface area contributed by atoms with Crippen molar-refractivity contribution in [1.82, 2.24) is 4.90 Å². The predicted octanol–water partition coefficient (Wildman–Crippen LogP) is 2.80. The maximum atomic E-state index is 12.5. The summed E-state index contributed by atoms with van der Waals surface area (Å²) in [5.41, 5.74) is -0.0257. The zero-order valence-corrected chi connectivity index (χ0v) is 13.4. The molecule has 0 bridgehead atoms.